The van der Waals surface area contributed by atoms with Crippen LogP contribution in [-0.2, 0) is 4.79 Å². The van der Waals surface area contributed by atoms with Gasteiger partial charge in [0, 0.05) is 6.42 Å². The fourth-order valence-corrected chi connectivity index (χ4v) is 0.620. The molecule has 0 aliphatic rings. The summed E-state index contributed by atoms with van der Waals surface area (Å²) in [5.74, 6) is -0.389. The molecule has 0 fully saturated rings. The molecule has 0 aromatic rings. The van der Waals surface area contributed by atoms with Crippen LogP contribution in [0.25, 0.3) is 0 Å². The van der Waals surface area contributed by atoms with E-state index >= 15 is 0 Å². The van der Waals surface area contributed by atoms with Crippen LogP contribution in [0.1, 0.15) is 13.3 Å². The van der Waals surface area contributed by atoms with Crippen molar-refractivity contribution in [2.75, 3.05) is 0 Å². The minimum atomic E-state index is -1.39. The van der Waals surface area contributed by atoms with Gasteiger partial charge in [-0.05, 0) is 19.4 Å². The first-order chi connectivity index (χ1) is 5.04. The zero-order chi connectivity index (χ0) is 8.91. The maximum atomic E-state index is 10.9. The van der Waals surface area contributed by atoms with Gasteiger partial charge in [0.1, 0.15) is 5.60 Å². The van der Waals surface area contributed by atoms with E-state index in [1.807, 2.05) is 0 Å². The second-order valence-corrected chi connectivity index (χ2v) is 2.44. The lowest BCUT2D eigenvalue weighted by Crippen LogP contribution is -2.33. The lowest BCUT2D eigenvalue weighted by atomic mass is 9.95. The van der Waals surface area contributed by atoms with E-state index in [0.29, 0.717) is 6.42 Å². The number of ketones is 1. The van der Waals surface area contributed by atoms with Crippen molar-refractivity contribution in [3.63, 3.8) is 0 Å². The Bertz CT molecular complexity index is 168. The van der Waals surface area contributed by atoms with Crippen LogP contribution >= 0.6 is 0 Å². The Morgan fingerprint density at radius 1 is 1.64 bits per heavy atom. The highest BCUT2D eigenvalue weighted by Crippen LogP contribution is 2.12. The number of carbonyl (C=O) groups is 1. The third kappa shape index (κ3) is 3.14. The predicted octanol–water partition coefficient (Wildman–Crippen LogP) is 1.27. The second-order valence-electron chi connectivity index (χ2n) is 2.44. The molecular formula is C9H13O2. The van der Waals surface area contributed by atoms with Crippen LogP contribution in [0.15, 0.2) is 25.3 Å². The summed E-state index contributed by atoms with van der Waals surface area (Å²) >= 11 is 0. The summed E-state index contributed by atoms with van der Waals surface area (Å²) in [6.45, 7) is 8.18. The van der Waals surface area contributed by atoms with Crippen molar-refractivity contribution in [2.45, 2.75) is 18.9 Å². The van der Waals surface area contributed by atoms with Crippen LogP contribution in [0.3, 0.4) is 0 Å². The van der Waals surface area contributed by atoms with Crippen LogP contribution in [0.4, 0.5) is 0 Å². The summed E-state index contributed by atoms with van der Waals surface area (Å²) in [7, 11) is 0. The van der Waals surface area contributed by atoms with Crippen molar-refractivity contribution in [1.82, 2.24) is 0 Å². The molecule has 1 unspecified atom stereocenters. The highest BCUT2D eigenvalue weighted by Gasteiger charge is 2.26. The van der Waals surface area contributed by atoms with Crippen LogP contribution in [0.2, 0.25) is 0 Å². The summed E-state index contributed by atoms with van der Waals surface area (Å²) in [5.41, 5.74) is -1.39. The first-order valence-electron chi connectivity index (χ1n) is 3.39. The van der Waals surface area contributed by atoms with E-state index in [0.717, 1.165) is 6.08 Å². The van der Waals surface area contributed by atoms with Gasteiger partial charge in [0.25, 0.3) is 0 Å². The van der Waals surface area contributed by atoms with E-state index in [1.54, 1.807) is 6.08 Å². The molecule has 0 spiro atoms. The van der Waals surface area contributed by atoms with Gasteiger partial charge >= 0.3 is 0 Å². The van der Waals surface area contributed by atoms with Gasteiger partial charge in [0.15, 0.2) is 5.78 Å². The van der Waals surface area contributed by atoms with Crippen LogP contribution in [0, 0.1) is 6.42 Å². The Hall–Kier alpha value is -0.890. The van der Waals surface area contributed by atoms with E-state index < -0.39 is 5.60 Å². The van der Waals surface area contributed by atoms with Gasteiger partial charge in [-0.15, -0.1) is 6.58 Å². The minimum absolute atomic E-state index is 0.389. The van der Waals surface area contributed by atoms with E-state index in [4.69, 9.17) is 0 Å². The van der Waals surface area contributed by atoms with Gasteiger partial charge in [0.2, 0.25) is 0 Å². The average Bonchev–Trinajstić information content (AvgIpc) is 1.99. The number of hydrogen-bond acceptors (Lipinski definition) is 2. The maximum Gasteiger partial charge on any atom is 0.186 e. The first kappa shape index (κ1) is 10.1. The summed E-state index contributed by atoms with van der Waals surface area (Å²) in [6, 6.07) is 0. The summed E-state index contributed by atoms with van der Waals surface area (Å²) in [6.07, 6.45) is 4.72. The van der Waals surface area contributed by atoms with E-state index in [1.165, 1.54) is 13.3 Å². The molecule has 0 saturated heterocycles. The Morgan fingerprint density at radius 3 is 2.55 bits per heavy atom. The van der Waals surface area contributed by atoms with Gasteiger partial charge in [-0.25, -0.2) is 0 Å². The van der Waals surface area contributed by atoms with Crippen LogP contribution < -0.4 is 0 Å². The SMILES string of the molecule is C=CC[CH]C(C)(O)C(=O)C=C. The molecule has 1 radical (unpaired) electrons. The molecule has 0 rings (SSSR count). The van der Waals surface area contributed by atoms with Crippen molar-refractivity contribution in [3.8, 4) is 0 Å². The van der Waals surface area contributed by atoms with E-state index in [9.17, 15) is 9.90 Å². The molecule has 2 nitrogen and oxygen atoms in total. The van der Waals surface area contributed by atoms with Crippen molar-refractivity contribution in [3.05, 3.63) is 31.7 Å². The Morgan fingerprint density at radius 2 is 2.18 bits per heavy atom. The highest BCUT2D eigenvalue weighted by atomic mass is 16.3. The molecule has 0 aliphatic carbocycles. The third-order valence-corrected chi connectivity index (χ3v) is 1.37. The maximum absolute atomic E-state index is 10.9. The normalized spacial score (nSPS) is 15.1. The molecule has 1 atom stereocenters. The molecule has 0 aliphatic heterocycles. The van der Waals surface area contributed by atoms with E-state index in [-0.39, 0.29) is 5.78 Å². The lowest BCUT2D eigenvalue weighted by Gasteiger charge is -2.17. The van der Waals surface area contributed by atoms with Crippen molar-refractivity contribution in [1.29, 1.82) is 0 Å². The molecule has 0 amide bonds. The van der Waals surface area contributed by atoms with Crippen molar-refractivity contribution >= 4 is 5.78 Å². The van der Waals surface area contributed by atoms with Crippen molar-refractivity contribution < 1.29 is 9.90 Å². The monoisotopic (exact) mass is 153 g/mol. The summed E-state index contributed by atoms with van der Waals surface area (Å²) < 4.78 is 0. The number of hydrogen-bond donors (Lipinski definition) is 1. The van der Waals surface area contributed by atoms with Gasteiger partial charge in [-0.2, -0.15) is 0 Å². The Kier molecular flexibility index (Phi) is 3.76. The first-order valence-corrected chi connectivity index (χ1v) is 3.39. The predicted molar refractivity (Wildman–Crippen MR) is 44.9 cm³/mol. The van der Waals surface area contributed by atoms with Crippen LogP contribution in [-0.4, -0.2) is 16.5 Å². The Balaban J connectivity index is 4.08. The molecule has 0 saturated carbocycles. The molecule has 0 aromatic carbocycles. The third-order valence-electron chi connectivity index (χ3n) is 1.37. The molecule has 1 N–H and O–H groups in total. The van der Waals surface area contributed by atoms with Crippen LogP contribution in [0.5, 0.6) is 0 Å². The largest absolute Gasteiger partial charge is 0.382 e. The van der Waals surface area contributed by atoms with Gasteiger partial charge in [-0.1, -0.05) is 12.7 Å². The van der Waals surface area contributed by atoms with Crippen molar-refractivity contribution in [2.24, 2.45) is 0 Å². The molecule has 0 bridgehead atoms. The average molecular weight is 153 g/mol. The fraction of sp³-hybridized carbons (Fsp3) is 0.333. The summed E-state index contributed by atoms with van der Waals surface area (Å²) in [5, 5.41) is 9.39. The number of rotatable bonds is 5. The minimum Gasteiger partial charge on any atom is -0.382 e. The molecule has 0 heterocycles. The Labute approximate surface area is 67.2 Å². The molecule has 11 heavy (non-hydrogen) atoms. The van der Waals surface area contributed by atoms with Gasteiger partial charge < -0.3 is 5.11 Å². The van der Waals surface area contributed by atoms with Gasteiger partial charge in [0.05, 0.1) is 0 Å². The zero-order valence-electron chi connectivity index (χ0n) is 6.71. The molecule has 2 heteroatoms. The second kappa shape index (κ2) is 4.09. The summed E-state index contributed by atoms with van der Waals surface area (Å²) in [4.78, 5) is 10.9. The number of allylic oxidation sites excluding steroid dienone is 1. The highest BCUT2D eigenvalue weighted by molar-refractivity contribution is 5.97. The lowest BCUT2D eigenvalue weighted by molar-refractivity contribution is -0.127. The van der Waals surface area contributed by atoms with E-state index in [2.05, 4.69) is 13.2 Å². The number of aliphatic hydroxyl groups is 1. The number of carbonyl (C=O) groups excluding carboxylic acids is 1. The smallest absolute Gasteiger partial charge is 0.186 e. The molecular weight excluding hydrogens is 140 g/mol. The molecule has 0 aromatic heterocycles. The topological polar surface area (TPSA) is 37.3 Å². The quantitative estimate of drug-likeness (QED) is 0.477. The fourth-order valence-electron chi connectivity index (χ4n) is 0.620. The standard InChI is InChI=1S/C9H13O2/c1-4-6-7-9(3,11)8(10)5-2/h4-5,7,11H,1-2,6H2,3H3. The van der Waals surface area contributed by atoms with Gasteiger partial charge in [-0.3, -0.25) is 4.79 Å². The molecule has 61 valence electrons. The zero-order valence-corrected chi connectivity index (χ0v) is 6.71.